The minimum Gasteiger partial charge on any atom is -0.445 e. The van der Waals surface area contributed by atoms with Gasteiger partial charge >= 0.3 is 6.09 Å². The van der Waals surface area contributed by atoms with Crippen LogP contribution < -0.4 is 0 Å². The summed E-state index contributed by atoms with van der Waals surface area (Å²) in [6.45, 7) is 1.12. The molecule has 5 nitrogen and oxygen atoms in total. The van der Waals surface area contributed by atoms with E-state index in [0.717, 1.165) is 5.56 Å². The van der Waals surface area contributed by atoms with Crippen molar-refractivity contribution in [2.75, 3.05) is 20.2 Å². The summed E-state index contributed by atoms with van der Waals surface area (Å²) in [4.78, 5) is 13.5. The van der Waals surface area contributed by atoms with Gasteiger partial charge in [0.2, 0.25) is 0 Å². The number of carbonyl (C=O) groups excluding carboxylic acids is 1. The van der Waals surface area contributed by atoms with Gasteiger partial charge in [0.1, 0.15) is 12.7 Å². The van der Waals surface area contributed by atoms with Crippen molar-refractivity contribution < 1.29 is 19.4 Å². The number of hydrogen-bond acceptors (Lipinski definition) is 4. The van der Waals surface area contributed by atoms with Crippen LogP contribution in [0.15, 0.2) is 30.3 Å². The number of rotatable bonds is 3. The fourth-order valence-electron chi connectivity index (χ4n) is 2.11. The third-order valence-corrected chi connectivity index (χ3v) is 3.29. The molecule has 0 spiro atoms. The Morgan fingerprint density at radius 2 is 2.16 bits per heavy atom. The van der Waals surface area contributed by atoms with Gasteiger partial charge in [-0.25, -0.2) is 4.79 Å². The second-order valence-electron chi connectivity index (χ2n) is 4.62. The summed E-state index contributed by atoms with van der Waals surface area (Å²) in [5, 5.41) is 9.67. The summed E-state index contributed by atoms with van der Waals surface area (Å²) >= 11 is 0. The van der Waals surface area contributed by atoms with Crippen LogP contribution in [-0.2, 0) is 16.1 Å². The van der Waals surface area contributed by atoms with Crippen molar-refractivity contribution in [3.05, 3.63) is 35.9 Å². The molecular formula is C14H19NO4. The molecule has 2 rings (SSSR count). The highest BCUT2D eigenvalue weighted by Crippen LogP contribution is 2.15. The number of hydrogen-bond donors (Lipinski definition) is 1. The average molecular weight is 265 g/mol. The molecule has 0 saturated carbocycles. The number of ether oxygens (including phenoxy) is 2. The molecule has 1 aliphatic heterocycles. The first kappa shape index (κ1) is 13.8. The molecule has 2 atom stereocenters. The summed E-state index contributed by atoms with van der Waals surface area (Å²) in [7, 11) is 1.53. The highest BCUT2D eigenvalue weighted by atomic mass is 16.6. The minimum atomic E-state index is -0.511. The predicted octanol–water partition coefficient (Wildman–Crippen LogP) is 1.40. The smallest absolute Gasteiger partial charge is 0.410 e. The number of carbonyl (C=O) groups is 1. The van der Waals surface area contributed by atoms with Crippen molar-refractivity contribution in [2.45, 2.75) is 25.2 Å². The fourth-order valence-corrected chi connectivity index (χ4v) is 2.11. The van der Waals surface area contributed by atoms with Gasteiger partial charge in [-0.05, 0) is 12.0 Å². The van der Waals surface area contributed by atoms with E-state index in [0.29, 0.717) is 19.5 Å². The molecule has 1 aromatic carbocycles. The lowest BCUT2D eigenvalue weighted by Crippen LogP contribution is -2.49. The maximum Gasteiger partial charge on any atom is 0.410 e. The van der Waals surface area contributed by atoms with E-state index in [-0.39, 0.29) is 18.8 Å². The number of methoxy groups -OCH3 is 1. The number of piperidine rings is 1. The van der Waals surface area contributed by atoms with Crippen molar-refractivity contribution >= 4 is 6.09 Å². The molecule has 19 heavy (non-hydrogen) atoms. The number of aliphatic hydroxyl groups excluding tert-OH is 1. The topological polar surface area (TPSA) is 59.0 Å². The van der Waals surface area contributed by atoms with E-state index in [2.05, 4.69) is 0 Å². The molecule has 0 bridgehead atoms. The van der Waals surface area contributed by atoms with Crippen molar-refractivity contribution in [1.29, 1.82) is 0 Å². The molecule has 0 aliphatic carbocycles. The molecule has 0 unspecified atom stereocenters. The van der Waals surface area contributed by atoms with Gasteiger partial charge < -0.3 is 19.5 Å². The molecule has 1 fully saturated rings. The van der Waals surface area contributed by atoms with E-state index < -0.39 is 6.10 Å². The van der Waals surface area contributed by atoms with Crippen molar-refractivity contribution in [2.24, 2.45) is 0 Å². The van der Waals surface area contributed by atoms with Crippen LogP contribution in [0.3, 0.4) is 0 Å². The number of amides is 1. The van der Waals surface area contributed by atoms with Gasteiger partial charge in [0.25, 0.3) is 0 Å². The average Bonchev–Trinajstić information content (AvgIpc) is 2.46. The Hall–Kier alpha value is -1.59. The zero-order chi connectivity index (χ0) is 13.7. The van der Waals surface area contributed by atoms with Gasteiger partial charge in [0.15, 0.2) is 0 Å². The van der Waals surface area contributed by atoms with Crippen LogP contribution in [0.5, 0.6) is 0 Å². The third-order valence-electron chi connectivity index (χ3n) is 3.29. The van der Waals surface area contributed by atoms with Crippen molar-refractivity contribution in [3.63, 3.8) is 0 Å². The third kappa shape index (κ3) is 3.68. The van der Waals surface area contributed by atoms with Crippen LogP contribution in [0.2, 0.25) is 0 Å². The van der Waals surface area contributed by atoms with Crippen LogP contribution >= 0.6 is 0 Å². The van der Waals surface area contributed by atoms with Gasteiger partial charge in [-0.1, -0.05) is 30.3 Å². The number of likely N-dealkylation sites (tertiary alicyclic amines) is 1. The summed E-state index contributed by atoms with van der Waals surface area (Å²) in [6, 6.07) is 9.54. The van der Waals surface area contributed by atoms with E-state index in [9.17, 15) is 9.90 Å². The van der Waals surface area contributed by atoms with Crippen LogP contribution in [0.25, 0.3) is 0 Å². The van der Waals surface area contributed by atoms with E-state index in [4.69, 9.17) is 9.47 Å². The molecule has 5 heteroatoms. The van der Waals surface area contributed by atoms with E-state index in [1.54, 1.807) is 4.90 Å². The van der Waals surface area contributed by atoms with Crippen molar-refractivity contribution in [1.82, 2.24) is 4.90 Å². The lowest BCUT2D eigenvalue weighted by atomic mass is 10.1. The normalized spacial score (nSPS) is 23.2. The van der Waals surface area contributed by atoms with Gasteiger partial charge in [0, 0.05) is 13.7 Å². The SMILES string of the molecule is CO[C@H]1CN(C(=O)OCc2ccccc2)CC[C@@H]1O. The maximum absolute atomic E-state index is 11.9. The lowest BCUT2D eigenvalue weighted by Gasteiger charge is -2.34. The Morgan fingerprint density at radius 1 is 1.42 bits per heavy atom. The second kappa shape index (κ2) is 6.54. The Morgan fingerprint density at radius 3 is 2.84 bits per heavy atom. The van der Waals surface area contributed by atoms with Gasteiger partial charge in [-0.3, -0.25) is 0 Å². The standard InChI is InChI=1S/C14H19NO4/c1-18-13-9-15(8-7-12(13)16)14(17)19-10-11-5-3-2-4-6-11/h2-6,12-13,16H,7-10H2,1H3/t12-,13-/m0/s1. The molecule has 1 aromatic rings. The van der Waals surface area contributed by atoms with Crippen LogP contribution in [-0.4, -0.2) is 48.5 Å². The largest absolute Gasteiger partial charge is 0.445 e. The van der Waals surface area contributed by atoms with Crippen LogP contribution in [0.4, 0.5) is 4.79 Å². The summed E-state index contributed by atoms with van der Waals surface area (Å²) < 4.78 is 10.4. The van der Waals surface area contributed by atoms with E-state index in [1.807, 2.05) is 30.3 Å². The lowest BCUT2D eigenvalue weighted by molar-refractivity contribution is -0.0583. The number of nitrogens with zero attached hydrogens (tertiary/aromatic N) is 1. The fraction of sp³-hybridized carbons (Fsp3) is 0.500. The first-order valence-corrected chi connectivity index (χ1v) is 6.37. The number of benzene rings is 1. The van der Waals surface area contributed by atoms with E-state index in [1.165, 1.54) is 7.11 Å². The molecule has 104 valence electrons. The molecule has 0 radical (unpaired) electrons. The molecule has 1 saturated heterocycles. The molecule has 1 heterocycles. The second-order valence-corrected chi connectivity index (χ2v) is 4.62. The predicted molar refractivity (Wildman–Crippen MR) is 69.6 cm³/mol. The summed E-state index contributed by atoms with van der Waals surface area (Å²) in [5.41, 5.74) is 0.955. The van der Waals surface area contributed by atoms with Crippen LogP contribution in [0.1, 0.15) is 12.0 Å². The quantitative estimate of drug-likeness (QED) is 0.897. The number of aliphatic hydroxyl groups is 1. The molecule has 1 aliphatic rings. The van der Waals surface area contributed by atoms with Gasteiger partial charge in [-0.15, -0.1) is 0 Å². The molecule has 1 amide bonds. The Bertz CT molecular complexity index is 409. The first-order valence-electron chi connectivity index (χ1n) is 6.37. The molecule has 0 aromatic heterocycles. The minimum absolute atomic E-state index is 0.260. The molecule has 1 N–H and O–H groups in total. The Kier molecular flexibility index (Phi) is 4.76. The van der Waals surface area contributed by atoms with Crippen LogP contribution in [0, 0.1) is 0 Å². The monoisotopic (exact) mass is 265 g/mol. The highest BCUT2D eigenvalue weighted by Gasteiger charge is 2.30. The molecular weight excluding hydrogens is 246 g/mol. The van der Waals surface area contributed by atoms with Crippen molar-refractivity contribution in [3.8, 4) is 0 Å². The zero-order valence-corrected chi connectivity index (χ0v) is 11.0. The summed E-state index contributed by atoms with van der Waals surface area (Å²) in [5.74, 6) is 0. The Labute approximate surface area is 112 Å². The highest BCUT2D eigenvalue weighted by molar-refractivity contribution is 5.67. The Balaban J connectivity index is 1.83. The first-order chi connectivity index (χ1) is 9.20. The van der Waals surface area contributed by atoms with Gasteiger partial charge in [-0.2, -0.15) is 0 Å². The van der Waals surface area contributed by atoms with E-state index >= 15 is 0 Å². The zero-order valence-electron chi connectivity index (χ0n) is 11.0. The maximum atomic E-state index is 11.9. The summed E-state index contributed by atoms with van der Waals surface area (Å²) in [6.07, 6.45) is -0.696. The van der Waals surface area contributed by atoms with Gasteiger partial charge in [0.05, 0.1) is 12.6 Å².